The average Bonchev–Trinajstić information content (AvgIpc) is 2.78. The highest BCUT2D eigenvalue weighted by molar-refractivity contribution is 5.88. The minimum Gasteiger partial charge on any atom is -0.444 e. The number of aromatic nitrogens is 2. The number of carbonyl (C=O) groups is 1. The predicted octanol–water partition coefficient (Wildman–Crippen LogP) is 5.34. The van der Waals surface area contributed by atoms with Crippen LogP contribution in [0.15, 0.2) is 36.5 Å². The molecule has 35 heavy (non-hydrogen) atoms. The normalized spacial score (nSPS) is 18.5. The lowest BCUT2D eigenvalue weighted by atomic mass is 9.98. The monoisotopic (exact) mass is 483 g/mol. The van der Waals surface area contributed by atoms with Crippen molar-refractivity contribution in [2.75, 3.05) is 24.1 Å². The summed E-state index contributed by atoms with van der Waals surface area (Å²) in [5.41, 5.74) is 8.36. The minimum atomic E-state index is -1.18. The number of hydrogen-bond donors (Lipinski definition) is 2. The average molecular weight is 484 g/mol. The van der Waals surface area contributed by atoms with Gasteiger partial charge in [-0.15, -0.1) is 0 Å². The van der Waals surface area contributed by atoms with Crippen LogP contribution >= 0.6 is 0 Å². The van der Waals surface area contributed by atoms with E-state index in [1.165, 1.54) is 11.0 Å². The summed E-state index contributed by atoms with van der Waals surface area (Å²) in [6.07, 6.45) is 0.931. The second kappa shape index (κ2) is 9.64. The second-order valence-electron chi connectivity index (χ2n) is 9.92. The molecule has 0 unspecified atom stereocenters. The topological polar surface area (TPSA) is 93.4 Å². The Hall–Kier alpha value is -3.49. The van der Waals surface area contributed by atoms with Gasteiger partial charge in [0.1, 0.15) is 17.6 Å². The van der Waals surface area contributed by atoms with Crippen molar-refractivity contribution >= 4 is 28.6 Å². The van der Waals surface area contributed by atoms with Crippen molar-refractivity contribution in [3.63, 3.8) is 0 Å². The number of ether oxygens (including phenoxy) is 1. The van der Waals surface area contributed by atoms with Crippen LogP contribution in [0, 0.1) is 5.82 Å². The predicted molar refractivity (Wildman–Crippen MR) is 133 cm³/mol. The summed E-state index contributed by atoms with van der Waals surface area (Å²) in [4.78, 5) is 22.9. The first kappa shape index (κ1) is 24.6. The van der Waals surface area contributed by atoms with Gasteiger partial charge in [0.25, 0.3) is 0 Å². The SMILES string of the molecule is CCc1cc(-c2ccc(N)c(F)c2)cc2cnc(N[C@H]3C[C@H](F)CN(C(=O)OC(C)(C)C)C3)nc12. The molecule has 0 aliphatic carbocycles. The van der Waals surface area contributed by atoms with E-state index in [0.29, 0.717) is 24.5 Å². The van der Waals surface area contributed by atoms with Crippen molar-refractivity contribution in [1.29, 1.82) is 0 Å². The summed E-state index contributed by atoms with van der Waals surface area (Å²) >= 11 is 0. The van der Waals surface area contributed by atoms with E-state index in [9.17, 15) is 13.6 Å². The molecule has 0 bridgehead atoms. The molecule has 0 radical (unpaired) electrons. The molecule has 186 valence electrons. The molecular formula is C26H31F2N5O2. The number of amides is 1. The van der Waals surface area contributed by atoms with E-state index in [1.807, 2.05) is 19.1 Å². The first-order valence-electron chi connectivity index (χ1n) is 11.8. The molecule has 2 atom stereocenters. The van der Waals surface area contributed by atoms with Gasteiger partial charge in [-0.25, -0.2) is 23.5 Å². The van der Waals surface area contributed by atoms with Crippen LogP contribution in [0.5, 0.6) is 0 Å². The molecule has 0 spiro atoms. The van der Waals surface area contributed by atoms with Gasteiger partial charge >= 0.3 is 6.09 Å². The zero-order chi connectivity index (χ0) is 25.3. The fourth-order valence-electron chi connectivity index (χ4n) is 4.23. The summed E-state index contributed by atoms with van der Waals surface area (Å²) in [6.45, 7) is 7.65. The number of halogens is 2. The second-order valence-corrected chi connectivity index (χ2v) is 9.92. The van der Waals surface area contributed by atoms with Gasteiger partial charge < -0.3 is 20.7 Å². The van der Waals surface area contributed by atoms with E-state index >= 15 is 0 Å². The summed E-state index contributed by atoms with van der Waals surface area (Å²) in [7, 11) is 0. The molecule has 3 N–H and O–H groups in total. The number of hydrogen-bond acceptors (Lipinski definition) is 6. The molecule has 1 aromatic heterocycles. The van der Waals surface area contributed by atoms with Crippen LogP contribution in [0.2, 0.25) is 0 Å². The molecule has 2 heterocycles. The third-order valence-electron chi connectivity index (χ3n) is 5.86. The number of fused-ring (bicyclic) bond motifs is 1. The number of aryl methyl sites for hydroxylation is 1. The highest BCUT2D eigenvalue weighted by Gasteiger charge is 2.33. The lowest BCUT2D eigenvalue weighted by Gasteiger charge is -2.36. The molecule has 1 aliphatic heterocycles. The number of alkyl halides is 1. The van der Waals surface area contributed by atoms with Crippen LogP contribution in [0.3, 0.4) is 0 Å². The fraction of sp³-hybridized carbons (Fsp3) is 0.423. The number of nitrogen functional groups attached to an aromatic ring is 1. The Morgan fingerprint density at radius 3 is 2.69 bits per heavy atom. The minimum absolute atomic E-state index is 0.000159. The molecular weight excluding hydrogens is 452 g/mol. The van der Waals surface area contributed by atoms with Crippen LogP contribution in [-0.4, -0.2) is 51.9 Å². The Morgan fingerprint density at radius 2 is 2.00 bits per heavy atom. The number of anilines is 2. The summed E-state index contributed by atoms with van der Waals surface area (Å²) in [5.74, 6) is -0.0998. The number of likely N-dealkylation sites (tertiary alicyclic amines) is 1. The van der Waals surface area contributed by atoms with Crippen LogP contribution in [0.1, 0.15) is 39.7 Å². The lowest BCUT2D eigenvalue weighted by Crippen LogP contribution is -2.51. The zero-order valence-electron chi connectivity index (χ0n) is 20.4. The number of benzene rings is 2. The van der Waals surface area contributed by atoms with Gasteiger partial charge in [-0.3, -0.25) is 0 Å². The number of piperidine rings is 1. The molecule has 1 fully saturated rings. The van der Waals surface area contributed by atoms with E-state index in [2.05, 4.69) is 15.3 Å². The smallest absolute Gasteiger partial charge is 0.410 e. The Morgan fingerprint density at radius 1 is 1.23 bits per heavy atom. The highest BCUT2D eigenvalue weighted by Crippen LogP contribution is 2.29. The zero-order valence-corrected chi connectivity index (χ0v) is 20.4. The van der Waals surface area contributed by atoms with E-state index in [4.69, 9.17) is 10.5 Å². The third kappa shape index (κ3) is 5.78. The standard InChI is InChI=1S/C26H31F2N5O2/c1-5-15-8-17(16-6-7-22(29)21(28)10-16)9-18-12-30-24(32-23(15)18)31-20-11-19(27)13-33(14-20)25(34)35-26(2,3)4/h6-10,12,19-20H,5,11,13-14,29H2,1-4H3,(H,30,31,32)/t19-,20-/m0/s1. The molecule has 9 heteroatoms. The van der Waals surface area contributed by atoms with Crippen LogP contribution in [-0.2, 0) is 11.2 Å². The number of rotatable bonds is 4. The fourth-order valence-corrected chi connectivity index (χ4v) is 4.23. The number of nitrogens with zero attached hydrogens (tertiary/aromatic N) is 3. The van der Waals surface area contributed by atoms with Crippen LogP contribution < -0.4 is 11.1 Å². The molecule has 3 aromatic rings. The van der Waals surface area contributed by atoms with Gasteiger partial charge in [-0.05, 0) is 68.1 Å². The van der Waals surface area contributed by atoms with E-state index in [1.54, 1.807) is 39.1 Å². The van der Waals surface area contributed by atoms with Crippen LogP contribution in [0.4, 0.5) is 25.2 Å². The van der Waals surface area contributed by atoms with E-state index < -0.39 is 23.7 Å². The largest absolute Gasteiger partial charge is 0.444 e. The Kier molecular flexibility index (Phi) is 6.78. The number of nitrogens with one attached hydrogen (secondary N) is 1. The van der Waals surface area contributed by atoms with Gasteiger partial charge in [-0.2, -0.15) is 0 Å². The third-order valence-corrected chi connectivity index (χ3v) is 5.86. The van der Waals surface area contributed by atoms with Gasteiger partial charge in [0.05, 0.1) is 17.7 Å². The molecule has 7 nitrogen and oxygen atoms in total. The molecule has 1 amide bonds. The Balaban J connectivity index is 1.57. The van der Waals surface area contributed by atoms with Crippen molar-refractivity contribution in [2.24, 2.45) is 0 Å². The van der Waals surface area contributed by atoms with Gasteiger partial charge in [0.15, 0.2) is 0 Å². The lowest BCUT2D eigenvalue weighted by molar-refractivity contribution is 0.0124. The maximum Gasteiger partial charge on any atom is 0.410 e. The molecule has 0 saturated carbocycles. The van der Waals surface area contributed by atoms with Crippen molar-refractivity contribution in [1.82, 2.24) is 14.9 Å². The Bertz CT molecular complexity index is 1240. The first-order chi connectivity index (χ1) is 16.5. The van der Waals surface area contributed by atoms with Crippen molar-refractivity contribution in [2.45, 2.75) is 58.4 Å². The maximum atomic E-state index is 14.4. The van der Waals surface area contributed by atoms with Gasteiger partial charge in [0.2, 0.25) is 5.95 Å². The van der Waals surface area contributed by atoms with E-state index in [-0.39, 0.29) is 24.7 Å². The quantitative estimate of drug-likeness (QED) is 0.487. The molecule has 1 aliphatic rings. The molecule has 2 aromatic carbocycles. The van der Waals surface area contributed by atoms with Crippen molar-refractivity contribution in [3.05, 3.63) is 47.9 Å². The highest BCUT2D eigenvalue weighted by atomic mass is 19.1. The van der Waals surface area contributed by atoms with Gasteiger partial charge in [-0.1, -0.05) is 13.0 Å². The number of nitrogens with two attached hydrogens (primary N) is 1. The molecule has 1 saturated heterocycles. The van der Waals surface area contributed by atoms with Crippen LogP contribution in [0.25, 0.3) is 22.0 Å². The number of carbonyl (C=O) groups excluding carboxylic acids is 1. The summed E-state index contributed by atoms with van der Waals surface area (Å²) in [5, 5.41) is 4.00. The summed E-state index contributed by atoms with van der Waals surface area (Å²) < 4.78 is 33.9. The summed E-state index contributed by atoms with van der Waals surface area (Å²) in [6, 6.07) is 8.28. The van der Waals surface area contributed by atoms with Crippen molar-refractivity contribution in [3.8, 4) is 11.1 Å². The van der Waals surface area contributed by atoms with Gasteiger partial charge in [0, 0.05) is 30.6 Å². The molecule has 4 rings (SSSR count). The maximum absolute atomic E-state index is 14.4. The van der Waals surface area contributed by atoms with Crippen molar-refractivity contribution < 1.29 is 18.3 Å². The first-order valence-corrected chi connectivity index (χ1v) is 11.8. The Labute approximate surface area is 203 Å². The van der Waals surface area contributed by atoms with E-state index in [0.717, 1.165) is 22.0 Å².